The first-order chi connectivity index (χ1) is 9.80. The molecule has 0 saturated heterocycles. The third-order valence-corrected chi connectivity index (χ3v) is 1.39. The highest BCUT2D eigenvalue weighted by molar-refractivity contribution is 5.76. The van der Waals surface area contributed by atoms with E-state index < -0.39 is 5.92 Å². The number of carbonyl (C=O) groups is 5. The van der Waals surface area contributed by atoms with Gasteiger partial charge in [-0.15, -0.1) is 0 Å². The van der Waals surface area contributed by atoms with Crippen molar-refractivity contribution in [3.63, 3.8) is 0 Å². The fourth-order valence-corrected chi connectivity index (χ4v) is 0.0751. The summed E-state index contributed by atoms with van der Waals surface area (Å²) in [6.07, 6.45) is 4.36. The molecule has 21 heavy (non-hydrogen) atoms. The van der Waals surface area contributed by atoms with E-state index in [-0.39, 0.29) is 18.4 Å². The first kappa shape index (κ1) is 27.6. The second-order valence-electron chi connectivity index (χ2n) is 4.38. The molecule has 0 aliphatic heterocycles. The van der Waals surface area contributed by atoms with E-state index in [0.29, 0.717) is 19.0 Å². The van der Waals surface area contributed by atoms with E-state index in [1.165, 1.54) is 0 Å². The SMILES string of the molecule is CC(C)C=O.CC(C=O)C=O.CC(C=O)CO.CCC=O. The molecule has 0 aromatic carbocycles. The van der Waals surface area contributed by atoms with Crippen molar-refractivity contribution < 1.29 is 29.1 Å². The summed E-state index contributed by atoms with van der Waals surface area (Å²) in [7, 11) is 0. The number of hydrogen-bond acceptors (Lipinski definition) is 6. The van der Waals surface area contributed by atoms with Gasteiger partial charge < -0.3 is 29.1 Å². The Morgan fingerprint density at radius 3 is 1.14 bits per heavy atom. The molecule has 0 fully saturated rings. The lowest BCUT2D eigenvalue weighted by atomic mass is 10.2. The van der Waals surface area contributed by atoms with Crippen molar-refractivity contribution in [2.45, 2.75) is 41.0 Å². The highest BCUT2D eigenvalue weighted by atomic mass is 16.3. The Morgan fingerprint density at radius 2 is 1.14 bits per heavy atom. The Kier molecular flexibility index (Phi) is 35.2. The van der Waals surface area contributed by atoms with Gasteiger partial charge in [0.1, 0.15) is 31.4 Å². The average Bonchev–Trinajstić information content (AvgIpc) is 2.54. The number of rotatable bonds is 6. The van der Waals surface area contributed by atoms with E-state index in [1.807, 2.05) is 20.8 Å². The molecule has 0 bridgehead atoms. The fraction of sp³-hybridized carbons (Fsp3) is 0.667. The summed E-state index contributed by atoms with van der Waals surface area (Å²) in [6.45, 7) is 8.68. The molecule has 0 saturated carbocycles. The molecule has 0 aliphatic carbocycles. The maximum atomic E-state index is 9.58. The standard InChI is InChI=1S/C4H8O2.C4H6O2.C4H8O.C3H6O/c2*1-4(2-5)3-6;1-4(2)3-5;1-2-3-4/h2,4,6H,3H2,1H3;2-4H,1H3;3-4H,1-2H3;3H,2H2,1H3. The lowest BCUT2D eigenvalue weighted by Crippen LogP contribution is -1.99. The van der Waals surface area contributed by atoms with Gasteiger partial charge in [0.2, 0.25) is 0 Å². The Bertz CT molecular complexity index is 243. The number of hydrogen-bond donors (Lipinski definition) is 1. The minimum absolute atomic E-state index is 0.0382. The summed E-state index contributed by atoms with van der Waals surface area (Å²) < 4.78 is 0. The molecule has 0 spiro atoms. The van der Waals surface area contributed by atoms with Gasteiger partial charge in [-0.05, 0) is 6.92 Å². The van der Waals surface area contributed by atoms with Crippen molar-refractivity contribution in [2.75, 3.05) is 6.61 Å². The summed E-state index contributed by atoms with van der Waals surface area (Å²) in [6, 6.07) is 0. The zero-order valence-corrected chi connectivity index (χ0v) is 13.5. The number of carbonyl (C=O) groups excluding carboxylic acids is 5. The van der Waals surface area contributed by atoms with Gasteiger partial charge in [0.25, 0.3) is 0 Å². The number of aliphatic hydroxyl groups excluding tert-OH is 1. The molecule has 6 heteroatoms. The number of aliphatic hydroxyl groups is 1. The molecule has 0 rings (SSSR count). The fourth-order valence-electron chi connectivity index (χ4n) is 0.0751. The molecule has 0 radical (unpaired) electrons. The van der Waals surface area contributed by atoms with Crippen LogP contribution < -0.4 is 0 Å². The van der Waals surface area contributed by atoms with Gasteiger partial charge in [-0.25, -0.2) is 0 Å². The van der Waals surface area contributed by atoms with Crippen LogP contribution in [0, 0.1) is 17.8 Å². The third-order valence-electron chi connectivity index (χ3n) is 1.39. The van der Waals surface area contributed by atoms with E-state index in [2.05, 4.69) is 0 Å². The third kappa shape index (κ3) is 56.2. The lowest BCUT2D eigenvalue weighted by molar-refractivity contribution is -0.118. The van der Waals surface area contributed by atoms with Crippen molar-refractivity contribution in [1.82, 2.24) is 0 Å². The van der Waals surface area contributed by atoms with E-state index in [9.17, 15) is 24.0 Å². The van der Waals surface area contributed by atoms with Crippen LogP contribution in [0.3, 0.4) is 0 Å². The van der Waals surface area contributed by atoms with Gasteiger partial charge in [-0.1, -0.05) is 27.7 Å². The minimum Gasteiger partial charge on any atom is -0.396 e. The van der Waals surface area contributed by atoms with Gasteiger partial charge in [-0.3, -0.25) is 0 Å². The number of aldehydes is 5. The highest BCUT2D eigenvalue weighted by Gasteiger charge is 1.90. The van der Waals surface area contributed by atoms with Crippen molar-refractivity contribution in [2.24, 2.45) is 17.8 Å². The van der Waals surface area contributed by atoms with Crippen molar-refractivity contribution >= 4 is 31.4 Å². The second-order valence-corrected chi connectivity index (χ2v) is 4.38. The molecular formula is C15H28O6. The second kappa shape index (κ2) is 26.8. The highest BCUT2D eigenvalue weighted by Crippen LogP contribution is 1.81. The van der Waals surface area contributed by atoms with Crippen molar-refractivity contribution in [1.29, 1.82) is 0 Å². The van der Waals surface area contributed by atoms with Gasteiger partial charge in [0.05, 0.1) is 12.5 Å². The van der Waals surface area contributed by atoms with Gasteiger partial charge >= 0.3 is 0 Å². The topological polar surface area (TPSA) is 106 Å². The quantitative estimate of drug-likeness (QED) is 0.585. The van der Waals surface area contributed by atoms with Gasteiger partial charge in [0, 0.05) is 18.3 Å². The summed E-state index contributed by atoms with van der Waals surface area (Å²) >= 11 is 0. The molecule has 6 nitrogen and oxygen atoms in total. The maximum Gasteiger partial charge on any atom is 0.129 e. The molecule has 1 unspecified atom stereocenters. The van der Waals surface area contributed by atoms with Gasteiger partial charge in [0.15, 0.2) is 0 Å². The van der Waals surface area contributed by atoms with Crippen molar-refractivity contribution in [3.05, 3.63) is 0 Å². The predicted molar refractivity (Wildman–Crippen MR) is 80.9 cm³/mol. The molecule has 1 atom stereocenters. The molecule has 0 amide bonds. The monoisotopic (exact) mass is 304 g/mol. The maximum absolute atomic E-state index is 9.58. The van der Waals surface area contributed by atoms with Crippen LogP contribution in [0.4, 0.5) is 0 Å². The zero-order chi connectivity index (χ0) is 17.7. The van der Waals surface area contributed by atoms with E-state index >= 15 is 0 Å². The molecule has 0 aliphatic rings. The van der Waals surface area contributed by atoms with Crippen LogP contribution in [0.2, 0.25) is 0 Å². The van der Waals surface area contributed by atoms with E-state index in [1.54, 1.807) is 13.8 Å². The molecule has 124 valence electrons. The van der Waals surface area contributed by atoms with E-state index in [0.717, 1.165) is 18.9 Å². The molecule has 0 heterocycles. The molecule has 0 aromatic heterocycles. The van der Waals surface area contributed by atoms with Crippen LogP contribution in [0.1, 0.15) is 41.0 Å². The normalized spacial score (nSPS) is 9.52. The van der Waals surface area contributed by atoms with Crippen LogP contribution >= 0.6 is 0 Å². The molecule has 0 aromatic rings. The first-order valence-corrected chi connectivity index (χ1v) is 6.66. The molecule has 1 N–H and O–H groups in total. The van der Waals surface area contributed by atoms with Gasteiger partial charge in [-0.2, -0.15) is 0 Å². The Hall–Kier alpha value is -1.69. The summed E-state index contributed by atoms with van der Waals surface area (Å²) in [5.74, 6) is -0.412. The molecular weight excluding hydrogens is 276 g/mol. The van der Waals surface area contributed by atoms with Crippen LogP contribution in [-0.2, 0) is 24.0 Å². The first-order valence-electron chi connectivity index (χ1n) is 6.66. The smallest absolute Gasteiger partial charge is 0.129 e. The summed E-state index contributed by atoms with van der Waals surface area (Å²) in [5, 5.41) is 8.10. The Labute approximate surface area is 126 Å². The summed E-state index contributed by atoms with van der Waals surface area (Å²) in [4.78, 5) is 47.3. The van der Waals surface area contributed by atoms with Crippen LogP contribution in [0.5, 0.6) is 0 Å². The average molecular weight is 304 g/mol. The van der Waals surface area contributed by atoms with Crippen molar-refractivity contribution in [3.8, 4) is 0 Å². The Balaban J connectivity index is -0.0000000929. The largest absolute Gasteiger partial charge is 0.396 e. The van der Waals surface area contributed by atoms with E-state index in [4.69, 9.17) is 5.11 Å². The van der Waals surface area contributed by atoms with Crippen LogP contribution in [0.25, 0.3) is 0 Å². The lowest BCUT2D eigenvalue weighted by Gasteiger charge is -1.89. The Morgan fingerprint density at radius 1 is 0.810 bits per heavy atom. The van der Waals surface area contributed by atoms with Crippen LogP contribution in [0.15, 0.2) is 0 Å². The summed E-state index contributed by atoms with van der Waals surface area (Å²) in [5.41, 5.74) is 0. The predicted octanol–water partition coefficient (Wildman–Crippen LogP) is 1.27. The van der Waals surface area contributed by atoms with Crippen LogP contribution in [-0.4, -0.2) is 43.1 Å². The minimum atomic E-state index is -0.426. The zero-order valence-electron chi connectivity index (χ0n) is 13.5.